The van der Waals surface area contributed by atoms with E-state index in [4.69, 9.17) is 4.74 Å². The van der Waals surface area contributed by atoms with Gasteiger partial charge in [0.25, 0.3) is 0 Å². The monoisotopic (exact) mass is 363 g/mol. The lowest BCUT2D eigenvalue weighted by molar-refractivity contribution is -0.122. The molecule has 6 heteroatoms. The second-order valence-corrected chi connectivity index (χ2v) is 6.08. The van der Waals surface area contributed by atoms with Gasteiger partial charge in [0.2, 0.25) is 5.91 Å². The van der Waals surface area contributed by atoms with E-state index in [0.29, 0.717) is 5.56 Å². The molecule has 0 heterocycles. The highest BCUT2D eigenvalue weighted by Gasteiger charge is 2.12. The maximum absolute atomic E-state index is 12.3. The van der Waals surface area contributed by atoms with Crippen molar-refractivity contribution in [3.63, 3.8) is 0 Å². The van der Waals surface area contributed by atoms with Crippen LogP contribution < -0.4 is 14.8 Å². The van der Waals surface area contributed by atoms with Crippen LogP contribution in [0, 0.1) is 13.8 Å². The van der Waals surface area contributed by atoms with Crippen molar-refractivity contribution in [2.24, 2.45) is 0 Å². The number of alkyl halides is 2. The predicted octanol–water partition coefficient (Wildman–Crippen LogP) is 4.55. The lowest BCUT2D eigenvalue weighted by atomic mass is 10.1. The third-order valence-electron chi connectivity index (χ3n) is 4.04. The van der Waals surface area contributed by atoms with Crippen molar-refractivity contribution < 1.29 is 23.0 Å². The van der Waals surface area contributed by atoms with Crippen LogP contribution in [-0.4, -0.2) is 19.1 Å². The number of halogens is 2. The van der Waals surface area contributed by atoms with Crippen LogP contribution in [0.1, 0.15) is 36.1 Å². The summed E-state index contributed by atoms with van der Waals surface area (Å²) in [4.78, 5) is 12.1. The van der Waals surface area contributed by atoms with Crippen molar-refractivity contribution in [2.45, 2.75) is 39.8 Å². The molecular weight excluding hydrogens is 340 g/mol. The number of ether oxygens (including phenoxy) is 2. The smallest absolute Gasteiger partial charge is 0.387 e. The van der Waals surface area contributed by atoms with Gasteiger partial charge in [-0.2, -0.15) is 8.78 Å². The highest BCUT2D eigenvalue weighted by atomic mass is 19.3. The summed E-state index contributed by atoms with van der Waals surface area (Å²) in [5.41, 5.74) is 3.00. The first-order valence-electron chi connectivity index (χ1n) is 8.39. The SMILES string of the molecule is Cc1ccc(OCCC(=O)NC(C)c2cccc(OC(F)F)c2)cc1C. The van der Waals surface area contributed by atoms with Gasteiger partial charge in [0.1, 0.15) is 11.5 Å². The Bertz CT molecular complexity index is 750. The van der Waals surface area contributed by atoms with Crippen molar-refractivity contribution in [3.05, 3.63) is 59.2 Å². The minimum atomic E-state index is -2.88. The Morgan fingerprint density at radius 1 is 1.08 bits per heavy atom. The van der Waals surface area contributed by atoms with E-state index in [9.17, 15) is 13.6 Å². The maximum Gasteiger partial charge on any atom is 0.387 e. The van der Waals surface area contributed by atoms with E-state index in [0.717, 1.165) is 11.3 Å². The molecule has 1 N–H and O–H groups in total. The maximum atomic E-state index is 12.3. The molecule has 1 atom stereocenters. The van der Waals surface area contributed by atoms with Gasteiger partial charge in [-0.3, -0.25) is 4.79 Å². The zero-order valence-corrected chi connectivity index (χ0v) is 15.1. The van der Waals surface area contributed by atoms with Crippen LogP contribution in [0.25, 0.3) is 0 Å². The van der Waals surface area contributed by atoms with Crippen LogP contribution in [0.2, 0.25) is 0 Å². The molecule has 140 valence electrons. The molecule has 2 rings (SSSR count). The Morgan fingerprint density at radius 3 is 2.54 bits per heavy atom. The van der Waals surface area contributed by atoms with Gasteiger partial charge in [0, 0.05) is 0 Å². The number of nitrogens with one attached hydrogen (secondary N) is 1. The van der Waals surface area contributed by atoms with Gasteiger partial charge in [-0.1, -0.05) is 18.2 Å². The topological polar surface area (TPSA) is 47.6 Å². The molecule has 0 aromatic heterocycles. The molecule has 0 aliphatic rings. The molecule has 0 aliphatic heterocycles. The van der Waals surface area contributed by atoms with E-state index in [1.165, 1.54) is 17.7 Å². The van der Waals surface area contributed by atoms with Gasteiger partial charge in [0.05, 0.1) is 19.1 Å². The normalized spacial score (nSPS) is 11.9. The second-order valence-electron chi connectivity index (χ2n) is 6.08. The van der Waals surface area contributed by atoms with Crippen molar-refractivity contribution in [1.29, 1.82) is 0 Å². The van der Waals surface area contributed by atoms with Crippen LogP contribution >= 0.6 is 0 Å². The first-order valence-corrected chi connectivity index (χ1v) is 8.39. The number of hydrogen-bond acceptors (Lipinski definition) is 3. The first-order chi connectivity index (χ1) is 12.3. The van der Waals surface area contributed by atoms with Gasteiger partial charge < -0.3 is 14.8 Å². The van der Waals surface area contributed by atoms with Crippen LogP contribution in [0.15, 0.2) is 42.5 Å². The molecule has 4 nitrogen and oxygen atoms in total. The van der Waals surface area contributed by atoms with Gasteiger partial charge in [-0.05, 0) is 61.7 Å². The van der Waals surface area contributed by atoms with Gasteiger partial charge >= 0.3 is 6.61 Å². The van der Waals surface area contributed by atoms with Gasteiger partial charge in [-0.25, -0.2) is 0 Å². The Kier molecular flexibility index (Phi) is 6.95. The fourth-order valence-corrected chi connectivity index (χ4v) is 2.42. The quantitative estimate of drug-likeness (QED) is 0.748. The molecule has 1 amide bonds. The lowest BCUT2D eigenvalue weighted by Gasteiger charge is -2.16. The molecule has 1 unspecified atom stereocenters. The third-order valence-corrected chi connectivity index (χ3v) is 4.04. The van der Waals surface area contributed by atoms with Crippen LogP contribution in [-0.2, 0) is 4.79 Å². The summed E-state index contributed by atoms with van der Waals surface area (Å²) in [6.45, 7) is 3.19. The lowest BCUT2D eigenvalue weighted by Crippen LogP contribution is -2.27. The van der Waals surface area contributed by atoms with Crippen molar-refractivity contribution in [3.8, 4) is 11.5 Å². The highest BCUT2D eigenvalue weighted by Crippen LogP contribution is 2.21. The number of carbonyl (C=O) groups excluding carboxylic acids is 1. The number of amides is 1. The number of hydrogen-bond donors (Lipinski definition) is 1. The molecule has 0 aliphatic carbocycles. The number of aryl methyl sites for hydroxylation is 2. The first kappa shape index (κ1) is 19.7. The van der Waals surface area contributed by atoms with E-state index in [2.05, 4.69) is 10.1 Å². The zero-order chi connectivity index (χ0) is 19.1. The van der Waals surface area contributed by atoms with Crippen molar-refractivity contribution >= 4 is 5.91 Å². The van der Waals surface area contributed by atoms with Crippen LogP contribution in [0.5, 0.6) is 11.5 Å². The summed E-state index contributed by atoms with van der Waals surface area (Å²) in [7, 11) is 0. The van der Waals surface area contributed by atoms with Crippen LogP contribution in [0.4, 0.5) is 8.78 Å². The minimum Gasteiger partial charge on any atom is -0.493 e. The number of benzene rings is 2. The Labute approximate surface area is 152 Å². The average molecular weight is 363 g/mol. The summed E-state index contributed by atoms with van der Waals surface area (Å²) in [6.07, 6.45) is 0.199. The van der Waals surface area contributed by atoms with E-state index >= 15 is 0 Å². The van der Waals surface area contributed by atoms with Gasteiger partial charge in [-0.15, -0.1) is 0 Å². The largest absolute Gasteiger partial charge is 0.493 e. The molecular formula is C20H23F2NO3. The molecule has 0 bridgehead atoms. The second kappa shape index (κ2) is 9.17. The standard InChI is InChI=1S/C20H23F2NO3/c1-13-7-8-17(11-14(13)2)25-10-9-19(24)23-15(3)16-5-4-6-18(12-16)26-20(21)22/h4-8,11-12,15,20H,9-10H2,1-3H3,(H,23,24). The molecule has 0 fully saturated rings. The Morgan fingerprint density at radius 2 is 1.85 bits per heavy atom. The molecule has 0 spiro atoms. The molecule has 2 aromatic rings. The molecule has 0 saturated carbocycles. The van der Waals surface area contributed by atoms with E-state index in [1.54, 1.807) is 19.1 Å². The number of rotatable bonds is 8. The van der Waals surface area contributed by atoms with E-state index in [-0.39, 0.29) is 30.7 Å². The third kappa shape index (κ3) is 6.02. The summed E-state index contributed by atoms with van der Waals surface area (Å²) in [6, 6.07) is 11.7. The Balaban J connectivity index is 1.82. The van der Waals surface area contributed by atoms with E-state index < -0.39 is 6.61 Å². The summed E-state index contributed by atoms with van der Waals surface area (Å²) >= 11 is 0. The predicted molar refractivity (Wildman–Crippen MR) is 95.7 cm³/mol. The Hall–Kier alpha value is -2.63. The fraction of sp³-hybridized carbons (Fsp3) is 0.350. The molecule has 0 radical (unpaired) electrons. The highest BCUT2D eigenvalue weighted by molar-refractivity contribution is 5.76. The summed E-state index contributed by atoms with van der Waals surface area (Å²) in [5.74, 6) is 0.615. The number of carbonyl (C=O) groups is 1. The summed E-state index contributed by atoms with van der Waals surface area (Å²) in [5, 5.41) is 2.82. The zero-order valence-electron chi connectivity index (χ0n) is 15.1. The molecule has 2 aromatic carbocycles. The minimum absolute atomic E-state index is 0.0664. The van der Waals surface area contributed by atoms with Gasteiger partial charge in [0.15, 0.2) is 0 Å². The van der Waals surface area contributed by atoms with E-state index in [1.807, 2.05) is 32.0 Å². The average Bonchev–Trinajstić information content (AvgIpc) is 2.57. The van der Waals surface area contributed by atoms with Crippen LogP contribution in [0.3, 0.4) is 0 Å². The van der Waals surface area contributed by atoms with Crippen molar-refractivity contribution in [1.82, 2.24) is 5.32 Å². The summed E-state index contributed by atoms with van der Waals surface area (Å²) < 4.78 is 34.5. The van der Waals surface area contributed by atoms with Crippen molar-refractivity contribution in [2.75, 3.05) is 6.61 Å². The fourth-order valence-electron chi connectivity index (χ4n) is 2.42. The molecule has 0 saturated heterocycles. The molecule has 26 heavy (non-hydrogen) atoms.